The Hall–Kier alpha value is -2.22. The molecule has 0 saturated heterocycles. The number of nitrogens with two attached hydrogens (primary N) is 1. The van der Waals surface area contributed by atoms with Crippen molar-refractivity contribution < 1.29 is 0 Å². The van der Waals surface area contributed by atoms with E-state index in [1.807, 2.05) is 6.92 Å². The zero-order chi connectivity index (χ0) is 14.5. The number of aromatic nitrogens is 4. The molecule has 0 aromatic carbocycles. The number of hydrogen-bond donors (Lipinski definition) is 3. The van der Waals surface area contributed by atoms with Gasteiger partial charge in [-0.1, -0.05) is 13.3 Å². The zero-order valence-electron chi connectivity index (χ0n) is 10.9. The van der Waals surface area contributed by atoms with E-state index in [4.69, 9.17) is 11.1 Å². The number of aromatic amines is 1. The van der Waals surface area contributed by atoms with Crippen LogP contribution in [0.1, 0.15) is 24.6 Å². The maximum atomic E-state index is 11.6. The summed E-state index contributed by atoms with van der Waals surface area (Å²) in [6.07, 6.45) is 3.10. The van der Waals surface area contributed by atoms with Crippen molar-refractivity contribution in [2.45, 2.75) is 29.9 Å². The minimum atomic E-state index is -0.209. The maximum absolute atomic E-state index is 11.6. The summed E-state index contributed by atoms with van der Waals surface area (Å²) in [6.45, 7) is 2.02. The van der Waals surface area contributed by atoms with Crippen LogP contribution in [0, 0.1) is 5.41 Å². The van der Waals surface area contributed by atoms with E-state index in [1.54, 1.807) is 6.07 Å². The third kappa shape index (κ3) is 3.41. The summed E-state index contributed by atoms with van der Waals surface area (Å²) in [4.78, 5) is 18.6. The molecule has 0 bridgehead atoms. The van der Waals surface area contributed by atoms with Gasteiger partial charge in [-0.25, -0.2) is 4.98 Å². The van der Waals surface area contributed by atoms with Crippen molar-refractivity contribution in [3.63, 3.8) is 0 Å². The summed E-state index contributed by atoms with van der Waals surface area (Å²) < 4.78 is 0. The van der Waals surface area contributed by atoms with Gasteiger partial charge in [0.2, 0.25) is 0 Å². The van der Waals surface area contributed by atoms with Crippen LogP contribution in [0.4, 0.5) is 0 Å². The average molecular weight is 290 g/mol. The van der Waals surface area contributed by atoms with E-state index in [2.05, 4.69) is 20.2 Å². The Morgan fingerprint density at radius 2 is 2.35 bits per heavy atom. The average Bonchev–Trinajstić information content (AvgIpc) is 2.38. The van der Waals surface area contributed by atoms with Crippen LogP contribution in [0.25, 0.3) is 0 Å². The predicted octanol–water partition coefficient (Wildman–Crippen LogP) is 0.948. The fraction of sp³-hybridized carbons (Fsp3) is 0.250. The van der Waals surface area contributed by atoms with Crippen LogP contribution in [0.2, 0.25) is 0 Å². The molecule has 20 heavy (non-hydrogen) atoms. The smallest absolute Gasteiger partial charge is 0.251 e. The lowest BCUT2D eigenvalue weighted by Gasteiger charge is -2.05. The number of nitrogens with zero attached hydrogens (tertiary/aromatic N) is 3. The standard InChI is InChI=1S/C12H14N6OS/c1-2-3-7-6-9(19)17-12(16-7)20-11-8(10(13)14)4-5-15-18-11/h4-6H,2-3H2,1H3,(H3,13,14)(H,16,17,19). The van der Waals surface area contributed by atoms with Gasteiger partial charge in [0.1, 0.15) is 10.9 Å². The molecule has 0 unspecified atom stereocenters. The lowest BCUT2D eigenvalue weighted by Crippen LogP contribution is -2.14. The normalized spacial score (nSPS) is 10.4. The van der Waals surface area contributed by atoms with E-state index in [0.717, 1.165) is 30.3 Å². The van der Waals surface area contributed by atoms with Crippen LogP contribution in [0.3, 0.4) is 0 Å². The first-order valence-electron chi connectivity index (χ1n) is 6.04. The van der Waals surface area contributed by atoms with Gasteiger partial charge in [-0.15, -0.1) is 5.10 Å². The zero-order valence-corrected chi connectivity index (χ0v) is 11.7. The fourth-order valence-electron chi connectivity index (χ4n) is 1.61. The fourth-order valence-corrected chi connectivity index (χ4v) is 2.48. The van der Waals surface area contributed by atoms with Crippen molar-refractivity contribution in [1.82, 2.24) is 20.2 Å². The summed E-state index contributed by atoms with van der Waals surface area (Å²) >= 11 is 1.14. The highest BCUT2D eigenvalue weighted by atomic mass is 32.2. The molecular weight excluding hydrogens is 276 g/mol. The van der Waals surface area contributed by atoms with Crippen molar-refractivity contribution in [2.75, 3.05) is 0 Å². The van der Waals surface area contributed by atoms with Crippen LogP contribution < -0.4 is 11.3 Å². The predicted molar refractivity (Wildman–Crippen MR) is 76.0 cm³/mol. The quantitative estimate of drug-likeness (QED) is 0.428. The van der Waals surface area contributed by atoms with E-state index in [1.165, 1.54) is 12.3 Å². The van der Waals surface area contributed by atoms with Gasteiger partial charge in [0.05, 0.1) is 11.8 Å². The molecule has 0 aliphatic carbocycles. The van der Waals surface area contributed by atoms with Crippen molar-refractivity contribution in [3.05, 3.63) is 39.9 Å². The third-order valence-electron chi connectivity index (χ3n) is 2.45. The molecule has 0 fully saturated rings. The first-order chi connectivity index (χ1) is 9.60. The van der Waals surface area contributed by atoms with Crippen molar-refractivity contribution >= 4 is 17.6 Å². The molecule has 0 aliphatic heterocycles. The molecule has 7 nitrogen and oxygen atoms in total. The van der Waals surface area contributed by atoms with E-state index < -0.39 is 0 Å². The Labute approximate surface area is 119 Å². The van der Waals surface area contributed by atoms with Gasteiger partial charge in [0, 0.05) is 11.8 Å². The summed E-state index contributed by atoms with van der Waals surface area (Å²) in [5.74, 6) is -0.102. The lowest BCUT2D eigenvalue weighted by molar-refractivity contribution is 0.813. The number of amidine groups is 1. The van der Waals surface area contributed by atoms with Crippen LogP contribution in [-0.4, -0.2) is 26.0 Å². The summed E-state index contributed by atoms with van der Waals surface area (Å²) in [5, 5.41) is 16.1. The number of hydrogen-bond acceptors (Lipinski definition) is 6. The Kier molecular flexibility index (Phi) is 4.46. The topological polar surface area (TPSA) is 121 Å². The van der Waals surface area contributed by atoms with Gasteiger partial charge < -0.3 is 10.7 Å². The highest BCUT2D eigenvalue weighted by molar-refractivity contribution is 7.99. The monoisotopic (exact) mass is 290 g/mol. The van der Waals surface area contributed by atoms with Gasteiger partial charge in [-0.3, -0.25) is 10.2 Å². The molecule has 2 heterocycles. The highest BCUT2D eigenvalue weighted by Gasteiger charge is 2.11. The molecule has 2 aromatic heterocycles. The second kappa shape index (κ2) is 6.29. The molecule has 8 heteroatoms. The first-order valence-corrected chi connectivity index (χ1v) is 6.86. The largest absolute Gasteiger partial charge is 0.384 e. The van der Waals surface area contributed by atoms with E-state index in [-0.39, 0.29) is 11.4 Å². The molecular formula is C12H14N6OS. The van der Waals surface area contributed by atoms with Crippen molar-refractivity contribution in [3.8, 4) is 0 Å². The Balaban J connectivity index is 2.35. The second-order valence-electron chi connectivity index (χ2n) is 4.06. The highest BCUT2D eigenvalue weighted by Crippen LogP contribution is 2.24. The number of nitrogens with one attached hydrogen (secondary N) is 2. The number of H-pyrrole nitrogens is 1. The molecule has 104 valence electrons. The molecule has 0 spiro atoms. The number of nitrogen functional groups attached to an aromatic ring is 1. The molecule has 2 rings (SSSR count). The SMILES string of the molecule is CCCc1cc(=O)[nH]c(Sc2nnccc2C(=N)N)n1. The molecule has 0 radical (unpaired) electrons. The van der Waals surface area contributed by atoms with Crippen LogP contribution in [0.5, 0.6) is 0 Å². The maximum Gasteiger partial charge on any atom is 0.251 e. The van der Waals surface area contributed by atoms with Crippen LogP contribution in [0.15, 0.2) is 33.3 Å². The molecule has 0 aliphatic rings. The minimum Gasteiger partial charge on any atom is -0.384 e. The van der Waals surface area contributed by atoms with Gasteiger partial charge >= 0.3 is 0 Å². The molecule has 0 saturated carbocycles. The summed E-state index contributed by atoms with van der Waals surface area (Å²) in [5.41, 5.74) is 6.47. The lowest BCUT2D eigenvalue weighted by atomic mass is 10.2. The number of rotatable bonds is 5. The molecule has 0 atom stereocenters. The Bertz CT molecular complexity index is 684. The third-order valence-corrected chi connectivity index (χ3v) is 3.33. The molecule has 0 amide bonds. The van der Waals surface area contributed by atoms with Gasteiger partial charge in [0.15, 0.2) is 5.16 Å². The van der Waals surface area contributed by atoms with E-state index in [0.29, 0.717) is 15.7 Å². The van der Waals surface area contributed by atoms with Crippen LogP contribution >= 0.6 is 11.8 Å². The van der Waals surface area contributed by atoms with Crippen molar-refractivity contribution in [2.24, 2.45) is 5.73 Å². The number of aryl methyl sites for hydroxylation is 1. The summed E-state index contributed by atoms with van der Waals surface area (Å²) in [7, 11) is 0. The van der Waals surface area contributed by atoms with E-state index >= 15 is 0 Å². The first kappa shape index (κ1) is 14.2. The molecule has 2 aromatic rings. The minimum absolute atomic E-state index is 0.102. The van der Waals surface area contributed by atoms with Crippen LogP contribution in [-0.2, 0) is 6.42 Å². The Morgan fingerprint density at radius 1 is 1.55 bits per heavy atom. The molecule has 4 N–H and O–H groups in total. The Morgan fingerprint density at radius 3 is 3.05 bits per heavy atom. The van der Waals surface area contributed by atoms with Gasteiger partial charge in [0.25, 0.3) is 5.56 Å². The van der Waals surface area contributed by atoms with E-state index in [9.17, 15) is 4.79 Å². The van der Waals surface area contributed by atoms with Gasteiger partial charge in [-0.2, -0.15) is 5.10 Å². The van der Waals surface area contributed by atoms with Gasteiger partial charge in [-0.05, 0) is 24.2 Å². The van der Waals surface area contributed by atoms with Crippen molar-refractivity contribution in [1.29, 1.82) is 5.41 Å². The summed E-state index contributed by atoms with van der Waals surface area (Å²) in [6, 6.07) is 3.09. The second-order valence-corrected chi connectivity index (χ2v) is 5.04.